The SMILES string of the molecule is COc1cccc(C(=O)NCCNC(=O)C2CC(=O)N(c3cccc(C(F)(F)F)c3)C2)c1. The van der Waals surface area contributed by atoms with Crippen LogP contribution >= 0.6 is 0 Å². The van der Waals surface area contributed by atoms with Gasteiger partial charge in [0.05, 0.1) is 18.6 Å². The van der Waals surface area contributed by atoms with E-state index in [0.29, 0.717) is 11.3 Å². The minimum Gasteiger partial charge on any atom is -0.497 e. The highest BCUT2D eigenvalue weighted by Crippen LogP contribution is 2.33. The van der Waals surface area contributed by atoms with Gasteiger partial charge in [-0.1, -0.05) is 12.1 Å². The van der Waals surface area contributed by atoms with Crippen molar-refractivity contribution in [2.75, 3.05) is 31.6 Å². The maximum absolute atomic E-state index is 12.9. The van der Waals surface area contributed by atoms with Crippen LogP contribution in [0.15, 0.2) is 48.5 Å². The van der Waals surface area contributed by atoms with E-state index in [1.807, 2.05) is 0 Å². The van der Waals surface area contributed by atoms with Crippen LogP contribution in [-0.2, 0) is 15.8 Å². The molecule has 1 unspecified atom stereocenters. The second-order valence-electron chi connectivity index (χ2n) is 7.23. The Kier molecular flexibility index (Phi) is 7.01. The molecule has 1 aliphatic heterocycles. The zero-order chi connectivity index (χ0) is 23.3. The fourth-order valence-corrected chi connectivity index (χ4v) is 3.36. The number of anilines is 1. The molecule has 0 radical (unpaired) electrons. The van der Waals surface area contributed by atoms with Gasteiger partial charge in [-0.3, -0.25) is 14.4 Å². The van der Waals surface area contributed by atoms with E-state index in [4.69, 9.17) is 4.74 Å². The average molecular weight is 449 g/mol. The molecule has 2 aromatic carbocycles. The summed E-state index contributed by atoms with van der Waals surface area (Å²) in [6.45, 7) is 0.296. The van der Waals surface area contributed by atoms with E-state index < -0.39 is 29.5 Å². The number of ether oxygens (including phenoxy) is 1. The van der Waals surface area contributed by atoms with Crippen molar-refractivity contribution in [1.82, 2.24) is 10.6 Å². The molecule has 10 heteroatoms. The first-order chi connectivity index (χ1) is 15.2. The van der Waals surface area contributed by atoms with Crippen molar-refractivity contribution in [3.8, 4) is 5.75 Å². The summed E-state index contributed by atoms with van der Waals surface area (Å²) < 4.78 is 43.9. The van der Waals surface area contributed by atoms with Crippen molar-refractivity contribution in [2.24, 2.45) is 5.92 Å². The number of carbonyl (C=O) groups excluding carboxylic acids is 3. The molecule has 0 saturated carbocycles. The lowest BCUT2D eigenvalue weighted by molar-refractivity contribution is -0.137. The third kappa shape index (κ3) is 5.57. The highest BCUT2D eigenvalue weighted by molar-refractivity contribution is 6.00. The number of nitrogens with zero attached hydrogens (tertiary/aromatic N) is 1. The summed E-state index contributed by atoms with van der Waals surface area (Å²) >= 11 is 0. The molecule has 0 bridgehead atoms. The Morgan fingerprint density at radius 1 is 1.09 bits per heavy atom. The Bertz CT molecular complexity index is 1010. The Morgan fingerprint density at radius 3 is 2.53 bits per heavy atom. The van der Waals surface area contributed by atoms with E-state index in [2.05, 4.69) is 10.6 Å². The number of amides is 3. The van der Waals surface area contributed by atoms with Crippen molar-refractivity contribution < 1.29 is 32.3 Å². The van der Waals surface area contributed by atoms with Crippen molar-refractivity contribution >= 4 is 23.4 Å². The zero-order valence-corrected chi connectivity index (χ0v) is 17.2. The van der Waals surface area contributed by atoms with E-state index in [1.165, 1.54) is 24.1 Å². The quantitative estimate of drug-likeness (QED) is 0.637. The van der Waals surface area contributed by atoms with Gasteiger partial charge in [0.2, 0.25) is 11.8 Å². The predicted octanol–water partition coefficient (Wildman–Crippen LogP) is 2.61. The number of nitrogens with one attached hydrogen (secondary N) is 2. The second kappa shape index (κ2) is 9.71. The standard InChI is InChI=1S/C22H22F3N3O4/c1-32-18-7-2-4-14(10-18)20(30)26-8-9-27-21(31)15-11-19(29)28(13-15)17-6-3-5-16(12-17)22(23,24)25/h2-7,10,12,15H,8-9,11,13H2,1H3,(H,26,30)(H,27,31). The zero-order valence-electron chi connectivity index (χ0n) is 17.2. The lowest BCUT2D eigenvalue weighted by atomic mass is 10.1. The molecule has 3 amide bonds. The number of methoxy groups -OCH3 is 1. The summed E-state index contributed by atoms with van der Waals surface area (Å²) in [6, 6.07) is 11.1. The summed E-state index contributed by atoms with van der Waals surface area (Å²) in [5.41, 5.74) is -0.345. The largest absolute Gasteiger partial charge is 0.497 e. The first-order valence-corrected chi connectivity index (χ1v) is 9.86. The average Bonchev–Trinajstić information content (AvgIpc) is 3.17. The molecule has 170 valence electrons. The molecule has 0 aliphatic carbocycles. The molecule has 2 N–H and O–H groups in total. The topological polar surface area (TPSA) is 87.7 Å². The summed E-state index contributed by atoms with van der Waals surface area (Å²) in [5, 5.41) is 5.31. The molecule has 1 fully saturated rings. The molecule has 1 aliphatic rings. The molecular weight excluding hydrogens is 427 g/mol. The van der Waals surface area contributed by atoms with Crippen LogP contribution in [0.2, 0.25) is 0 Å². The van der Waals surface area contributed by atoms with Gasteiger partial charge in [-0.2, -0.15) is 13.2 Å². The Labute approximate surface area is 182 Å². The van der Waals surface area contributed by atoms with Crippen LogP contribution in [0.4, 0.5) is 18.9 Å². The number of carbonyl (C=O) groups is 3. The van der Waals surface area contributed by atoms with Crippen molar-refractivity contribution in [2.45, 2.75) is 12.6 Å². The van der Waals surface area contributed by atoms with Gasteiger partial charge in [0.15, 0.2) is 0 Å². The second-order valence-corrected chi connectivity index (χ2v) is 7.23. The summed E-state index contributed by atoms with van der Waals surface area (Å²) in [7, 11) is 1.49. The van der Waals surface area contributed by atoms with E-state index in [0.717, 1.165) is 12.1 Å². The van der Waals surface area contributed by atoms with E-state index in [-0.39, 0.29) is 37.6 Å². The maximum atomic E-state index is 12.9. The van der Waals surface area contributed by atoms with E-state index in [9.17, 15) is 27.6 Å². The molecular formula is C22H22F3N3O4. The monoisotopic (exact) mass is 449 g/mol. The van der Waals surface area contributed by atoms with Gasteiger partial charge < -0.3 is 20.3 Å². The molecule has 2 aromatic rings. The number of alkyl halides is 3. The first-order valence-electron chi connectivity index (χ1n) is 9.86. The van der Waals surface area contributed by atoms with Gasteiger partial charge >= 0.3 is 6.18 Å². The van der Waals surface area contributed by atoms with Gasteiger partial charge in [0.1, 0.15) is 5.75 Å². The van der Waals surface area contributed by atoms with E-state index >= 15 is 0 Å². The summed E-state index contributed by atoms with van der Waals surface area (Å²) in [4.78, 5) is 38.0. The highest BCUT2D eigenvalue weighted by atomic mass is 19.4. The molecule has 1 heterocycles. The number of rotatable bonds is 7. The molecule has 32 heavy (non-hydrogen) atoms. The molecule has 1 atom stereocenters. The van der Waals surface area contributed by atoms with Crippen LogP contribution in [-0.4, -0.2) is 44.5 Å². The number of benzene rings is 2. The Morgan fingerprint density at radius 2 is 1.81 bits per heavy atom. The van der Waals surface area contributed by atoms with Gasteiger partial charge in [0.25, 0.3) is 5.91 Å². The molecule has 3 rings (SSSR count). The highest BCUT2D eigenvalue weighted by Gasteiger charge is 2.36. The smallest absolute Gasteiger partial charge is 0.416 e. The van der Waals surface area contributed by atoms with Crippen LogP contribution in [0.1, 0.15) is 22.3 Å². The molecule has 7 nitrogen and oxygen atoms in total. The van der Waals surface area contributed by atoms with Crippen molar-refractivity contribution in [1.29, 1.82) is 0 Å². The van der Waals surface area contributed by atoms with Crippen LogP contribution in [0.25, 0.3) is 0 Å². The summed E-state index contributed by atoms with van der Waals surface area (Å²) in [6.07, 6.45) is -4.62. The lowest BCUT2D eigenvalue weighted by Crippen LogP contribution is -2.38. The van der Waals surface area contributed by atoms with Crippen molar-refractivity contribution in [3.63, 3.8) is 0 Å². The van der Waals surface area contributed by atoms with Gasteiger partial charge in [-0.15, -0.1) is 0 Å². The Balaban J connectivity index is 1.49. The number of halogens is 3. The first kappa shape index (κ1) is 23.1. The Hall–Kier alpha value is -3.56. The van der Waals surface area contributed by atoms with Crippen molar-refractivity contribution in [3.05, 3.63) is 59.7 Å². The fraction of sp³-hybridized carbons (Fsp3) is 0.318. The number of hydrogen-bond donors (Lipinski definition) is 2. The lowest BCUT2D eigenvalue weighted by Gasteiger charge is -2.18. The van der Waals surface area contributed by atoms with Crippen LogP contribution in [0, 0.1) is 5.92 Å². The van der Waals surface area contributed by atoms with Gasteiger partial charge in [0, 0.05) is 37.3 Å². The van der Waals surface area contributed by atoms with Gasteiger partial charge in [-0.05, 0) is 36.4 Å². The van der Waals surface area contributed by atoms with Crippen LogP contribution in [0.3, 0.4) is 0 Å². The molecule has 0 aromatic heterocycles. The normalized spacial score (nSPS) is 16.1. The minimum absolute atomic E-state index is 0.0118. The molecule has 1 saturated heterocycles. The molecule has 0 spiro atoms. The third-order valence-electron chi connectivity index (χ3n) is 5.02. The van der Waals surface area contributed by atoms with Crippen LogP contribution < -0.4 is 20.3 Å². The predicted molar refractivity (Wildman–Crippen MR) is 110 cm³/mol. The fourth-order valence-electron chi connectivity index (χ4n) is 3.36. The van der Waals surface area contributed by atoms with Crippen LogP contribution in [0.5, 0.6) is 5.75 Å². The minimum atomic E-state index is -4.52. The summed E-state index contributed by atoms with van der Waals surface area (Å²) in [5.74, 6) is -1.29. The van der Waals surface area contributed by atoms with E-state index in [1.54, 1.807) is 24.3 Å². The third-order valence-corrected chi connectivity index (χ3v) is 5.02. The number of hydrogen-bond acceptors (Lipinski definition) is 4. The van der Waals surface area contributed by atoms with Gasteiger partial charge in [-0.25, -0.2) is 0 Å². The maximum Gasteiger partial charge on any atom is 0.416 e.